The molecule has 2 aromatic rings. The number of rotatable bonds is 7. The van der Waals surface area contributed by atoms with Gasteiger partial charge in [0.1, 0.15) is 12.2 Å². The monoisotopic (exact) mass is 317 g/mol. The quantitative estimate of drug-likeness (QED) is 0.574. The van der Waals surface area contributed by atoms with E-state index in [2.05, 4.69) is 37.7 Å². The molecule has 0 aliphatic heterocycles. The number of nitrogens with one attached hydrogen (secondary N) is 2. The Labute approximate surface area is 136 Å². The minimum Gasteiger partial charge on any atom is -0.481 e. The van der Waals surface area contributed by atoms with Crippen molar-refractivity contribution >= 4 is 5.96 Å². The molecule has 23 heavy (non-hydrogen) atoms. The molecule has 124 valence electrons. The normalized spacial score (nSPS) is 11.3. The van der Waals surface area contributed by atoms with Gasteiger partial charge >= 0.3 is 0 Å². The Kier molecular flexibility index (Phi) is 6.34. The van der Waals surface area contributed by atoms with E-state index in [0.717, 1.165) is 36.9 Å². The highest BCUT2D eigenvalue weighted by atomic mass is 16.5. The number of hydrogen-bond donors (Lipinski definition) is 2. The molecule has 0 saturated carbocycles. The fourth-order valence-corrected chi connectivity index (χ4v) is 2.18. The SMILES string of the molecule is CCc1nncn1CCNC(=NC)NCc1cccnc1OC. The summed E-state index contributed by atoms with van der Waals surface area (Å²) in [5.41, 5.74) is 0.977. The maximum atomic E-state index is 5.24. The van der Waals surface area contributed by atoms with Crippen LogP contribution in [-0.4, -0.2) is 46.4 Å². The number of pyridine rings is 1. The van der Waals surface area contributed by atoms with Gasteiger partial charge < -0.3 is 19.9 Å². The molecular weight excluding hydrogens is 294 g/mol. The number of aryl methyl sites for hydroxylation is 1. The van der Waals surface area contributed by atoms with Crippen LogP contribution < -0.4 is 15.4 Å². The van der Waals surface area contributed by atoms with E-state index >= 15 is 0 Å². The molecule has 0 fully saturated rings. The molecule has 0 spiro atoms. The van der Waals surface area contributed by atoms with Crippen molar-refractivity contribution in [2.24, 2.45) is 4.99 Å². The van der Waals surface area contributed by atoms with E-state index in [1.807, 2.05) is 16.7 Å². The van der Waals surface area contributed by atoms with E-state index in [0.29, 0.717) is 12.4 Å². The van der Waals surface area contributed by atoms with Crippen molar-refractivity contribution in [1.82, 2.24) is 30.4 Å². The Morgan fingerprint density at radius 3 is 3.00 bits per heavy atom. The summed E-state index contributed by atoms with van der Waals surface area (Å²) in [6.45, 7) is 4.17. The maximum absolute atomic E-state index is 5.24. The molecule has 2 aromatic heterocycles. The van der Waals surface area contributed by atoms with Gasteiger partial charge in [-0.2, -0.15) is 0 Å². The summed E-state index contributed by atoms with van der Waals surface area (Å²) in [5.74, 6) is 2.32. The first kappa shape index (κ1) is 16.7. The highest BCUT2D eigenvalue weighted by molar-refractivity contribution is 5.79. The molecule has 8 nitrogen and oxygen atoms in total. The van der Waals surface area contributed by atoms with E-state index in [1.54, 1.807) is 26.7 Å². The molecular formula is C15H23N7O. The topological polar surface area (TPSA) is 89.2 Å². The van der Waals surface area contributed by atoms with Crippen LogP contribution in [0.4, 0.5) is 0 Å². The van der Waals surface area contributed by atoms with Crippen LogP contribution in [0, 0.1) is 0 Å². The number of hydrogen-bond acceptors (Lipinski definition) is 5. The maximum Gasteiger partial charge on any atom is 0.218 e. The van der Waals surface area contributed by atoms with Gasteiger partial charge in [0.15, 0.2) is 5.96 Å². The van der Waals surface area contributed by atoms with Crippen LogP contribution in [0.25, 0.3) is 0 Å². The predicted molar refractivity (Wildman–Crippen MR) is 88.4 cm³/mol. The summed E-state index contributed by atoms with van der Waals surface area (Å²) in [5, 5.41) is 14.5. The van der Waals surface area contributed by atoms with Crippen molar-refractivity contribution in [3.05, 3.63) is 36.0 Å². The summed E-state index contributed by atoms with van der Waals surface area (Å²) in [7, 11) is 3.36. The van der Waals surface area contributed by atoms with Crippen LogP contribution in [0.1, 0.15) is 18.3 Å². The smallest absolute Gasteiger partial charge is 0.218 e. The van der Waals surface area contributed by atoms with Gasteiger partial charge in [0, 0.05) is 44.9 Å². The van der Waals surface area contributed by atoms with Crippen LogP contribution in [0.15, 0.2) is 29.6 Å². The lowest BCUT2D eigenvalue weighted by molar-refractivity contribution is 0.392. The minimum atomic E-state index is 0.587. The number of guanidine groups is 1. The zero-order valence-corrected chi connectivity index (χ0v) is 13.8. The standard InChI is InChI=1S/C15H23N7O/c1-4-13-21-20-11-22(13)9-8-18-15(16-2)19-10-12-6-5-7-17-14(12)23-3/h5-7,11H,4,8-10H2,1-3H3,(H2,16,18,19). The molecule has 0 amide bonds. The second kappa shape index (κ2) is 8.72. The summed E-state index contributed by atoms with van der Waals surface area (Å²) in [6.07, 6.45) is 4.32. The Balaban J connectivity index is 1.82. The van der Waals surface area contributed by atoms with Crippen LogP contribution in [0.2, 0.25) is 0 Å². The van der Waals surface area contributed by atoms with Gasteiger partial charge in [-0.05, 0) is 6.07 Å². The van der Waals surface area contributed by atoms with E-state index in [1.165, 1.54) is 0 Å². The van der Waals surface area contributed by atoms with E-state index in [4.69, 9.17) is 4.74 Å². The van der Waals surface area contributed by atoms with Gasteiger partial charge in [0.25, 0.3) is 0 Å². The number of aliphatic imine (C=N–C) groups is 1. The van der Waals surface area contributed by atoms with Gasteiger partial charge in [0.2, 0.25) is 5.88 Å². The van der Waals surface area contributed by atoms with Gasteiger partial charge in [-0.15, -0.1) is 10.2 Å². The molecule has 0 aromatic carbocycles. The van der Waals surface area contributed by atoms with Crippen LogP contribution in [-0.2, 0) is 19.5 Å². The van der Waals surface area contributed by atoms with Crippen molar-refractivity contribution in [2.45, 2.75) is 26.4 Å². The Morgan fingerprint density at radius 2 is 2.26 bits per heavy atom. The highest BCUT2D eigenvalue weighted by Gasteiger charge is 2.05. The van der Waals surface area contributed by atoms with Gasteiger partial charge in [-0.3, -0.25) is 4.99 Å². The number of nitrogens with zero attached hydrogens (tertiary/aromatic N) is 5. The van der Waals surface area contributed by atoms with E-state index in [9.17, 15) is 0 Å². The summed E-state index contributed by atoms with van der Waals surface area (Å²) in [4.78, 5) is 8.39. The van der Waals surface area contributed by atoms with Crippen LogP contribution in [0.3, 0.4) is 0 Å². The molecule has 0 saturated heterocycles. The second-order valence-corrected chi connectivity index (χ2v) is 4.82. The molecule has 0 atom stereocenters. The van der Waals surface area contributed by atoms with Crippen LogP contribution >= 0.6 is 0 Å². The lowest BCUT2D eigenvalue weighted by Crippen LogP contribution is -2.38. The number of aromatic nitrogens is 4. The van der Waals surface area contributed by atoms with E-state index in [-0.39, 0.29) is 0 Å². The average molecular weight is 317 g/mol. The third kappa shape index (κ3) is 4.67. The molecule has 2 heterocycles. The van der Waals surface area contributed by atoms with Crippen molar-refractivity contribution in [3.63, 3.8) is 0 Å². The van der Waals surface area contributed by atoms with Gasteiger partial charge in [-0.1, -0.05) is 13.0 Å². The fraction of sp³-hybridized carbons (Fsp3) is 0.467. The largest absolute Gasteiger partial charge is 0.481 e. The predicted octanol–water partition coefficient (Wildman–Crippen LogP) is 0.609. The Bertz CT molecular complexity index is 638. The Morgan fingerprint density at radius 1 is 1.39 bits per heavy atom. The zero-order valence-electron chi connectivity index (χ0n) is 13.8. The van der Waals surface area contributed by atoms with Crippen molar-refractivity contribution < 1.29 is 4.74 Å². The molecule has 8 heteroatoms. The summed E-state index contributed by atoms with van der Waals surface area (Å²) in [6, 6.07) is 3.85. The summed E-state index contributed by atoms with van der Waals surface area (Å²) >= 11 is 0. The van der Waals surface area contributed by atoms with Gasteiger partial charge in [-0.25, -0.2) is 4.98 Å². The lowest BCUT2D eigenvalue weighted by atomic mass is 10.3. The van der Waals surface area contributed by atoms with E-state index < -0.39 is 0 Å². The second-order valence-electron chi connectivity index (χ2n) is 4.82. The molecule has 2 N–H and O–H groups in total. The third-order valence-corrected chi connectivity index (χ3v) is 3.37. The van der Waals surface area contributed by atoms with Crippen molar-refractivity contribution in [3.8, 4) is 5.88 Å². The highest BCUT2D eigenvalue weighted by Crippen LogP contribution is 2.12. The number of ether oxygens (including phenoxy) is 1. The molecule has 0 radical (unpaired) electrons. The zero-order chi connectivity index (χ0) is 16.5. The van der Waals surface area contributed by atoms with Gasteiger partial charge in [0.05, 0.1) is 7.11 Å². The lowest BCUT2D eigenvalue weighted by Gasteiger charge is -2.13. The molecule has 2 rings (SSSR count). The Hall–Kier alpha value is -2.64. The molecule has 0 aliphatic carbocycles. The van der Waals surface area contributed by atoms with Crippen LogP contribution in [0.5, 0.6) is 5.88 Å². The molecule has 0 aliphatic rings. The van der Waals surface area contributed by atoms with Crippen molar-refractivity contribution in [2.75, 3.05) is 20.7 Å². The molecule has 0 bridgehead atoms. The number of methoxy groups -OCH3 is 1. The first-order chi connectivity index (χ1) is 11.3. The third-order valence-electron chi connectivity index (χ3n) is 3.37. The minimum absolute atomic E-state index is 0.587. The average Bonchev–Trinajstić information content (AvgIpc) is 3.05. The first-order valence-electron chi connectivity index (χ1n) is 7.57. The van der Waals surface area contributed by atoms with Crippen molar-refractivity contribution in [1.29, 1.82) is 0 Å². The summed E-state index contributed by atoms with van der Waals surface area (Å²) < 4.78 is 7.27. The fourth-order valence-electron chi connectivity index (χ4n) is 2.18. The first-order valence-corrected chi connectivity index (χ1v) is 7.57. The molecule has 0 unspecified atom stereocenters.